The van der Waals surface area contributed by atoms with E-state index in [0.717, 1.165) is 40.1 Å². The quantitative estimate of drug-likeness (QED) is 0.269. The Balaban J connectivity index is 1.57. The zero-order chi connectivity index (χ0) is 29.1. The van der Waals surface area contributed by atoms with Crippen LogP contribution in [-0.4, -0.2) is 36.9 Å². The van der Waals surface area contributed by atoms with Gasteiger partial charge in [0.2, 0.25) is 0 Å². The van der Waals surface area contributed by atoms with Crippen LogP contribution in [0, 0.1) is 33.6 Å². The summed E-state index contributed by atoms with van der Waals surface area (Å²) in [6.07, 6.45) is 19.2. The summed E-state index contributed by atoms with van der Waals surface area (Å²) in [6.45, 7) is 11.7. The normalized spacial score (nSPS) is 23.3. The van der Waals surface area contributed by atoms with Crippen LogP contribution >= 0.6 is 15.8 Å². The first-order valence-corrected chi connectivity index (χ1v) is 19.7. The topological polar surface area (TPSA) is 18.5 Å². The van der Waals surface area contributed by atoms with Crippen molar-refractivity contribution in [2.24, 2.45) is 5.92 Å². The Morgan fingerprint density at radius 1 is 0.585 bits per heavy atom. The molecule has 2 aromatic carbocycles. The number of aryl methyl sites for hydroxylation is 4. The second-order valence-corrected chi connectivity index (χ2v) is 19.1. The van der Waals surface area contributed by atoms with Gasteiger partial charge in [0.15, 0.2) is 0 Å². The van der Waals surface area contributed by atoms with Crippen molar-refractivity contribution in [3.8, 4) is 11.5 Å². The van der Waals surface area contributed by atoms with Gasteiger partial charge in [-0.2, -0.15) is 0 Å². The molecule has 226 valence electrons. The molecule has 3 aliphatic carbocycles. The molecule has 0 aliphatic heterocycles. The number of rotatable bonds is 9. The molecule has 3 aliphatic rings. The van der Waals surface area contributed by atoms with Gasteiger partial charge >= 0.3 is 0 Å². The number of ether oxygens (including phenoxy) is 2. The summed E-state index contributed by atoms with van der Waals surface area (Å²) in [6, 6.07) is 9.93. The zero-order valence-electron chi connectivity index (χ0n) is 27.1. The third-order valence-corrected chi connectivity index (χ3v) is 17.8. The average molecular weight is 595 g/mol. The van der Waals surface area contributed by atoms with Crippen molar-refractivity contribution in [1.82, 2.24) is 0 Å². The molecule has 2 nitrogen and oxygen atoms in total. The largest absolute Gasteiger partial charge is 0.496 e. The Morgan fingerprint density at radius 3 is 1.39 bits per heavy atom. The first-order valence-electron chi connectivity index (χ1n) is 16.7. The van der Waals surface area contributed by atoms with Crippen LogP contribution in [0.15, 0.2) is 24.3 Å². The lowest BCUT2D eigenvalue weighted by molar-refractivity contribution is 0.408. The maximum atomic E-state index is 5.83. The maximum absolute atomic E-state index is 5.83. The van der Waals surface area contributed by atoms with Crippen molar-refractivity contribution in [1.29, 1.82) is 0 Å². The van der Waals surface area contributed by atoms with Crippen LogP contribution in [0.2, 0.25) is 0 Å². The van der Waals surface area contributed by atoms with Crippen LogP contribution in [0.5, 0.6) is 11.5 Å². The molecular formula is C37H56O2P2. The van der Waals surface area contributed by atoms with E-state index in [-0.39, 0.29) is 7.92 Å². The fraction of sp³-hybridized carbons (Fsp3) is 0.676. The van der Waals surface area contributed by atoms with Gasteiger partial charge in [-0.15, -0.1) is 0 Å². The van der Waals surface area contributed by atoms with Crippen molar-refractivity contribution in [2.75, 3.05) is 14.2 Å². The molecule has 0 heterocycles. The molecule has 0 radical (unpaired) electrons. The van der Waals surface area contributed by atoms with E-state index < -0.39 is 7.92 Å². The molecular weight excluding hydrogens is 538 g/mol. The third kappa shape index (κ3) is 6.70. The SMILES string of the molecule is COc1c(C)cc(P(c2cc(C)c(OC)c(C)c2)C2CCCC2C(C)P(C2CCCCC2)C2CCCCC2)cc1C. The number of hydrogen-bond donors (Lipinski definition) is 0. The molecule has 0 N–H and O–H groups in total. The molecule has 3 atom stereocenters. The van der Waals surface area contributed by atoms with Crippen LogP contribution in [-0.2, 0) is 0 Å². The molecule has 0 bridgehead atoms. The van der Waals surface area contributed by atoms with E-state index in [4.69, 9.17) is 9.47 Å². The van der Waals surface area contributed by atoms with Gasteiger partial charge in [0.05, 0.1) is 14.2 Å². The molecule has 5 rings (SSSR count). The lowest BCUT2D eigenvalue weighted by Crippen LogP contribution is -2.34. The summed E-state index contributed by atoms with van der Waals surface area (Å²) in [5, 5.41) is 3.12. The third-order valence-electron chi connectivity index (χ3n) is 10.8. The Hall–Kier alpha value is -1.10. The number of methoxy groups -OCH3 is 2. The lowest BCUT2D eigenvalue weighted by Gasteiger charge is -2.46. The predicted octanol–water partition coefficient (Wildman–Crippen LogP) is 10.1. The molecule has 3 fully saturated rings. The Bertz CT molecular complexity index is 1040. The highest BCUT2D eigenvalue weighted by atomic mass is 31.1. The molecule has 41 heavy (non-hydrogen) atoms. The Morgan fingerprint density at radius 2 is 1.00 bits per heavy atom. The first kappa shape index (κ1) is 31.3. The van der Waals surface area contributed by atoms with E-state index in [0.29, 0.717) is 0 Å². The van der Waals surface area contributed by atoms with Crippen LogP contribution < -0.4 is 20.1 Å². The van der Waals surface area contributed by atoms with Crippen molar-refractivity contribution in [3.63, 3.8) is 0 Å². The van der Waals surface area contributed by atoms with Crippen molar-refractivity contribution >= 4 is 26.5 Å². The van der Waals surface area contributed by atoms with Gasteiger partial charge in [-0.3, -0.25) is 0 Å². The molecule has 4 heteroatoms. The zero-order valence-corrected chi connectivity index (χ0v) is 28.9. The van der Waals surface area contributed by atoms with E-state index in [1.807, 2.05) is 14.2 Å². The van der Waals surface area contributed by atoms with Crippen LogP contribution in [0.25, 0.3) is 0 Å². The van der Waals surface area contributed by atoms with Gasteiger partial charge in [-0.1, -0.05) is 59.8 Å². The minimum absolute atomic E-state index is 0.0715. The second kappa shape index (κ2) is 14.1. The summed E-state index contributed by atoms with van der Waals surface area (Å²) >= 11 is 0. The maximum Gasteiger partial charge on any atom is 0.124 e. The minimum atomic E-state index is -0.484. The van der Waals surface area contributed by atoms with Gasteiger partial charge in [0.25, 0.3) is 0 Å². The highest BCUT2D eigenvalue weighted by molar-refractivity contribution is 7.73. The fourth-order valence-corrected chi connectivity index (χ4v) is 17.5. The van der Waals surface area contributed by atoms with Gasteiger partial charge in [-0.05, 0) is 160 Å². The summed E-state index contributed by atoms with van der Waals surface area (Å²) in [4.78, 5) is 0. The van der Waals surface area contributed by atoms with E-state index in [1.54, 1.807) is 10.6 Å². The molecule has 0 spiro atoms. The van der Waals surface area contributed by atoms with E-state index in [2.05, 4.69) is 58.9 Å². The summed E-state index contributed by atoms with van der Waals surface area (Å²) in [5.74, 6) is 2.96. The van der Waals surface area contributed by atoms with Crippen molar-refractivity contribution < 1.29 is 9.47 Å². The summed E-state index contributed by atoms with van der Waals surface area (Å²) in [7, 11) is 3.23. The van der Waals surface area contributed by atoms with Gasteiger partial charge in [0, 0.05) is 0 Å². The minimum Gasteiger partial charge on any atom is -0.496 e. The molecule has 3 saturated carbocycles. The van der Waals surface area contributed by atoms with Crippen LogP contribution in [0.4, 0.5) is 0 Å². The van der Waals surface area contributed by atoms with E-state index >= 15 is 0 Å². The number of hydrogen-bond acceptors (Lipinski definition) is 2. The second-order valence-electron chi connectivity index (χ2n) is 13.5. The monoisotopic (exact) mass is 594 g/mol. The van der Waals surface area contributed by atoms with Crippen molar-refractivity contribution in [2.45, 2.75) is 141 Å². The molecule has 3 unspecified atom stereocenters. The number of benzene rings is 2. The Kier molecular flexibility index (Phi) is 10.8. The van der Waals surface area contributed by atoms with Gasteiger partial charge in [0.1, 0.15) is 11.5 Å². The smallest absolute Gasteiger partial charge is 0.124 e. The molecule has 0 amide bonds. The van der Waals surface area contributed by atoms with Gasteiger partial charge in [-0.25, -0.2) is 0 Å². The molecule has 2 aromatic rings. The molecule has 0 saturated heterocycles. The lowest BCUT2D eigenvalue weighted by atomic mass is 9.99. The highest BCUT2D eigenvalue weighted by Gasteiger charge is 2.44. The van der Waals surface area contributed by atoms with Crippen molar-refractivity contribution in [3.05, 3.63) is 46.5 Å². The molecule has 0 aromatic heterocycles. The van der Waals surface area contributed by atoms with E-state index in [1.165, 1.54) is 106 Å². The first-order chi connectivity index (χ1) is 19.8. The predicted molar refractivity (Wildman–Crippen MR) is 182 cm³/mol. The summed E-state index contributed by atoms with van der Waals surface area (Å²) < 4.78 is 11.7. The van der Waals surface area contributed by atoms with Crippen LogP contribution in [0.3, 0.4) is 0 Å². The fourth-order valence-electron chi connectivity index (χ4n) is 9.10. The van der Waals surface area contributed by atoms with Gasteiger partial charge < -0.3 is 9.47 Å². The standard InChI is InChI=1S/C37H56O2P2/c1-25-21-32(22-26(2)36(25)38-6)41(33-23-27(3)37(39-7)28(4)24-33)35-20-14-19-34(35)29(5)40(30-15-10-8-11-16-30)31-17-12-9-13-18-31/h21-24,29-31,34-35H,8-20H2,1-7H3. The summed E-state index contributed by atoms with van der Waals surface area (Å²) in [5.41, 5.74) is 8.83. The van der Waals surface area contributed by atoms with E-state index in [9.17, 15) is 0 Å². The highest BCUT2D eigenvalue weighted by Crippen LogP contribution is 2.64. The average Bonchev–Trinajstić information content (AvgIpc) is 3.44. The Labute approximate surface area is 254 Å². The van der Waals surface area contributed by atoms with Crippen LogP contribution in [0.1, 0.15) is 113 Å².